The monoisotopic (exact) mass is 299 g/mol. The summed E-state index contributed by atoms with van der Waals surface area (Å²) in [5.41, 5.74) is 5.48. The SMILES string of the molecule is NC/C(=N/N)N(N)CCCNCCCNC1CCCCC1. The lowest BCUT2D eigenvalue weighted by Gasteiger charge is -2.22. The third-order valence-corrected chi connectivity index (χ3v) is 3.98. The topological polar surface area (TPSA) is 118 Å². The van der Waals surface area contributed by atoms with Gasteiger partial charge in [0, 0.05) is 12.6 Å². The molecule has 0 aromatic carbocycles. The maximum atomic E-state index is 5.79. The highest BCUT2D eigenvalue weighted by molar-refractivity contribution is 5.83. The molecule has 21 heavy (non-hydrogen) atoms. The Morgan fingerprint density at radius 2 is 1.81 bits per heavy atom. The molecule has 0 aromatic heterocycles. The van der Waals surface area contributed by atoms with Crippen molar-refractivity contribution >= 4 is 5.84 Å². The summed E-state index contributed by atoms with van der Waals surface area (Å²) in [5.74, 6) is 11.5. The Bertz CT molecular complexity index is 276. The van der Waals surface area contributed by atoms with Crippen LogP contribution >= 0.6 is 0 Å². The van der Waals surface area contributed by atoms with Crippen LogP contribution in [0.2, 0.25) is 0 Å². The molecule has 0 radical (unpaired) electrons. The quantitative estimate of drug-likeness (QED) is 0.124. The molecule has 0 amide bonds. The van der Waals surface area contributed by atoms with Gasteiger partial charge in [0.2, 0.25) is 0 Å². The normalized spacial score (nSPS) is 17.1. The van der Waals surface area contributed by atoms with Crippen LogP contribution in [-0.2, 0) is 0 Å². The van der Waals surface area contributed by atoms with E-state index in [-0.39, 0.29) is 6.54 Å². The zero-order chi connectivity index (χ0) is 15.3. The molecular formula is C14H33N7. The van der Waals surface area contributed by atoms with E-state index in [1.807, 2.05) is 0 Å². The third kappa shape index (κ3) is 8.21. The molecule has 0 bridgehead atoms. The summed E-state index contributed by atoms with van der Waals surface area (Å²) in [7, 11) is 0. The zero-order valence-electron chi connectivity index (χ0n) is 13.2. The summed E-state index contributed by atoms with van der Waals surface area (Å²) in [4.78, 5) is 0. The zero-order valence-corrected chi connectivity index (χ0v) is 13.2. The Balaban J connectivity index is 1.88. The molecule has 0 saturated heterocycles. The Labute approximate surface area is 128 Å². The van der Waals surface area contributed by atoms with Gasteiger partial charge in [-0.3, -0.25) is 5.01 Å². The maximum Gasteiger partial charge on any atom is 0.152 e. The molecule has 0 heterocycles. The van der Waals surface area contributed by atoms with Crippen LogP contribution in [0.1, 0.15) is 44.9 Å². The van der Waals surface area contributed by atoms with Gasteiger partial charge in [-0.05, 0) is 45.3 Å². The molecule has 1 aliphatic rings. The number of nitrogens with one attached hydrogen (secondary N) is 2. The Morgan fingerprint density at radius 3 is 2.48 bits per heavy atom. The van der Waals surface area contributed by atoms with E-state index in [4.69, 9.17) is 17.4 Å². The summed E-state index contributed by atoms with van der Waals surface area (Å²) in [6, 6.07) is 0.759. The molecule has 1 fully saturated rings. The molecule has 1 saturated carbocycles. The number of hydrogen-bond acceptors (Lipinski definition) is 6. The van der Waals surface area contributed by atoms with Crippen molar-refractivity contribution in [2.75, 3.05) is 32.7 Å². The van der Waals surface area contributed by atoms with Gasteiger partial charge in [0.05, 0.1) is 6.54 Å². The van der Waals surface area contributed by atoms with Gasteiger partial charge in [0.1, 0.15) is 0 Å². The molecule has 124 valence electrons. The summed E-state index contributed by atoms with van der Waals surface area (Å²) in [6.45, 7) is 4.07. The summed E-state index contributed by atoms with van der Waals surface area (Å²) >= 11 is 0. The van der Waals surface area contributed by atoms with Crippen molar-refractivity contribution in [3.63, 3.8) is 0 Å². The summed E-state index contributed by atoms with van der Waals surface area (Å²) in [5, 5.41) is 12.2. The molecule has 7 heteroatoms. The number of rotatable bonds is 10. The van der Waals surface area contributed by atoms with Gasteiger partial charge in [-0.25, -0.2) is 5.84 Å². The van der Waals surface area contributed by atoms with Crippen molar-refractivity contribution in [2.24, 2.45) is 22.5 Å². The molecule has 0 unspecified atom stereocenters. The first-order chi connectivity index (χ1) is 10.3. The highest BCUT2D eigenvalue weighted by Gasteiger charge is 2.11. The average molecular weight is 299 g/mol. The largest absolute Gasteiger partial charge is 0.324 e. The lowest BCUT2D eigenvalue weighted by atomic mass is 9.95. The Morgan fingerprint density at radius 1 is 1.10 bits per heavy atom. The average Bonchev–Trinajstić information content (AvgIpc) is 2.52. The fourth-order valence-corrected chi connectivity index (χ4v) is 2.70. The van der Waals surface area contributed by atoms with E-state index in [0.29, 0.717) is 12.4 Å². The first-order valence-corrected chi connectivity index (χ1v) is 8.21. The lowest BCUT2D eigenvalue weighted by molar-refractivity contribution is 0.370. The van der Waals surface area contributed by atoms with E-state index in [1.54, 1.807) is 0 Å². The number of hydrogen-bond donors (Lipinski definition) is 5. The van der Waals surface area contributed by atoms with Crippen molar-refractivity contribution < 1.29 is 0 Å². The van der Waals surface area contributed by atoms with Gasteiger partial charge in [0.25, 0.3) is 0 Å². The van der Waals surface area contributed by atoms with E-state index in [1.165, 1.54) is 43.5 Å². The molecule has 1 rings (SSSR count). The minimum absolute atomic E-state index is 0.271. The lowest BCUT2D eigenvalue weighted by Crippen LogP contribution is -2.43. The standard InChI is InChI=1S/C14H33N7/c15-12-14(20-16)21(17)11-5-9-18-8-4-10-19-13-6-2-1-3-7-13/h13,18-19H,1-12,15-17H2/b20-14-. The molecule has 0 aromatic rings. The fourth-order valence-electron chi connectivity index (χ4n) is 2.70. The van der Waals surface area contributed by atoms with Crippen LogP contribution in [0.5, 0.6) is 0 Å². The Kier molecular flexibility index (Phi) is 10.1. The Hall–Kier alpha value is -0.890. The minimum Gasteiger partial charge on any atom is -0.324 e. The van der Waals surface area contributed by atoms with Crippen LogP contribution < -0.4 is 28.1 Å². The van der Waals surface area contributed by atoms with Crippen LogP contribution in [0.15, 0.2) is 5.10 Å². The first-order valence-electron chi connectivity index (χ1n) is 8.21. The van der Waals surface area contributed by atoms with Crippen LogP contribution in [0.25, 0.3) is 0 Å². The predicted octanol–water partition coefficient (Wildman–Crippen LogP) is -0.315. The second-order valence-corrected chi connectivity index (χ2v) is 5.69. The van der Waals surface area contributed by atoms with Crippen LogP contribution in [-0.4, -0.2) is 49.6 Å². The van der Waals surface area contributed by atoms with E-state index in [2.05, 4.69) is 15.7 Å². The fraction of sp³-hybridized carbons (Fsp3) is 0.929. The third-order valence-electron chi connectivity index (χ3n) is 3.98. The van der Waals surface area contributed by atoms with Gasteiger partial charge in [0.15, 0.2) is 5.84 Å². The second-order valence-electron chi connectivity index (χ2n) is 5.69. The van der Waals surface area contributed by atoms with E-state index < -0.39 is 0 Å². The van der Waals surface area contributed by atoms with Crippen molar-refractivity contribution in [3.05, 3.63) is 0 Å². The van der Waals surface area contributed by atoms with Crippen LogP contribution in [0, 0.1) is 0 Å². The van der Waals surface area contributed by atoms with Crippen molar-refractivity contribution in [2.45, 2.75) is 51.0 Å². The number of nitrogens with two attached hydrogens (primary N) is 3. The van der Waals surface area contributed by atoms with Crippen molar-refractivity contribution in [1.82, 2.24) is 15.6 Å². The molecular weight excluding hydrogens is 266 g/mol. The van der Waals surface area contributed by atoms with Crippen LogP contribution in [0.4, 0.5) is 0 Å². The molecule has 8 N–H and O–H groups in total. The van der Waals surface area contributed by atoms with Gasteiger partial charge in [-0.2, -0.15) is 5.10 Å². The van der Waals surface area contributed by atoms with E-state index in [0.717, 1.165) is 32.1 Å². The second kappa shape index (κ2) is 11.7. The van der Waals surface area contributed by atoms with Crippen molar-refractivity contribution in [1.29, 1.82) is 0 Å². The highest BCUT2D eigenvalue weighted by Crippen LogP contribution is 2.16. The van der Waals surface area contributed by atoms with E-state index in [9.17, 15) is 0 Å². The summed E-state index contributed by atoms with van der Waals surface area (Å²) < 4.78 is 0. The smallest absolute Gasteiger partial charge is 0.152 e. The van der Waals surface area contributed by atoms with Gasteiger partial charge in [-0.15, -0.1) is 0 Å². The van der Waals surface area contributed by atoms with Crippen LogP contribution in [0.3, 0.4) is 0 Å². The maximum absolute atomic E-state index is 5.79. The van der Waals surface area contributed by atoms with Crippen molar-refractivity contribution in [3.8, 4) is 0 Å². The van der Waals surface area contributed by atoms with Gasteiger partial charge < -0.3 is 22.2 Å². The number of hydrazine groups is 1. The molecule has 0 aliphatic heterocycles. The molecule has 0 atom stereocenters. The molecule has 0 spiro atoms. The number of nitrogens with zero attached hydrogens (tertiary/aromatic N) is 2. The highest BCUT2D eigenvalue weighted by atomic mass is 15.4. The number of hydrazone groups is 1. The molecule has 1 aliphatic carbocycles. The van der Waals surface area contributed by atoms with E-state index >= 15 is 0 Å². The van der Waals surface area contributed by atoms with Gasteiger partial charge in [-0.1, -0.05) is 19.3 Å². The first kappa shape index (κ1) is 18.2. The minimum atomic E-state index is 0.271. The number of amidine groups is 1. The van der Waals surface area contributed by atoms with Gasteiger partial charge >= 0.3 is 0 Å². The summed E-state index contributed by atoms with van der Waals surface area (Å²) in [6.07, 6.45) is 9.02. The predicted molar refractivity (Wildman–Crippen MR) is 88.5 cm³/mol. The molecule has 7 nitrogen and oxygen atoms in total.